The molecule has 6 heteroatoms. The number of aliphatic imine (C=N–C) groups is 1. The van der Waals surface area contributed by atoms with E-state index in [2.05, 4.69) is 20.9 Å². The lowest BCUT2D eigenvalue weighted by Crippen LogP contribution is -2.35. The average molecular weight is 473 g/mol. The third kappa shape index (κ3) is 5.52. The summed E-state index contributed by atoms with van der Waals surface area (Å²) < 4.78 is 6.99. The fraction of sp³-hybridized carbons (Fsp3) is 0.304. The molecular weight excluding hydrogens is 448 g/mol. The predicted molar refractivity (Wildman–Crippen MR) is 125 cm³/mol. The van der Waals surface area contributed by atoms with Gasteiger partial charge in [0.15, 0.2) is 5.17 Å². The first-order chi connectivity index (χ1) is 13.8. The highest BCUT2D eigenvalue weighted by Crippen LogP contribution is 2.36. The van der Waals surface area contributed by atoms with Crippen molar-refractivity contribution in [3.8, 4) is 5.75 Å². The van der Waals surface area contributed by atoms with Crippen LogP contribution < -0.4 is 4.74 Å². The van der Waals surface area contributed by atoms with Crippen LogP contribution in [-0.2, 0) is 11.4 Å². The number of amides is 1. The van der Waals surface area contributed by atoms with Crippen LogP contribution in [0.3, 0.4) is 0 Å². The van der Waals surface area contributed by atoms with Crippen LogP contribution in [0.15, 0.2) is 62.9 Å². The Hall–Kier alpha value is -2.05. The number of hydrogen-bond acceptors (Lipinski definition) is 4. The van der Waals surface area contributed by atoms with Gasteiger partial charge >= 0.3 is 0 Å². The fourth-order valence-electron chi connectivity index (χ4n) is 2.89. The van der Waals surface area contributed by atoms with E-state index in [0.29, 0.717) is 11.5 Å². The molecule has 1 aliphatic heterocycles. The highest BCUT2D eigenvalue weighted by Gasteiger charge is 2.35. The van der Waals surface area contributed by atoms with Gasteiger partial charge in [-0.3, -0.25) is 14.7 Å². The SMILES string of the molecule is CC(C)N=C1S/C(=C/c2cc(Br)ccc2OCc2ccccc2)C(=O)N1C(C)C. The van der Waals surface area contributed by atoms with Crippen LogP contribution in [0.4, 0.5) is 0 Å². The van der Waals surface area contributed by atoms with Crippen LogP contribution in [0.1, 0.15) is 38.8 Å². The van der Waals surface area contributed by atoms with Crippen LogP contribution in [0.2, 0.25) is 0 Å². The van der Waals surface area contributed by atoms with Gasteiger partial charge in [0, 0.05) is 22.1 Å². The normalized spacial score (nSPS) is 17.2. The summed E-state index contributed by atoms with van der Waals surface area (Å²) in [6.07, 6.45) is 1.90. The average Bonchev–Trinajstić information content (AvgIpc) is 2.96. The second kappa shape index (κ2) is 9.63. The molecule has 1 aliphatic rings. The van der Waals surface area contributed by atoms with Crippen molar-refractivity contribution in [3.63, 3.8) is 0 Å². The third-order valence-electron chi connectivity index (χ3n) is 4.22. The lowest BCUT2D eigenvalue weighted by molar-refractivity contribution is -0.123. The number of carbonyl (C=O) groups is 1. The van der Waals surface area contributed by atoms with E-state index in [1.165, 1.54) is 11.8 Å². The van der Waals surface area contributed by atoms with Gasteiger partial charge in [-0.2, -0.15) is 0 Å². The summed E-state index contributed by atoms with van der Waals surface area (Å²) in [4.78, 5) is 20.1. The number of rotatable bonds is 6. The number of amidine groups is 1. The number of carbonyl (C=O) groups excluding carboxylic acids is 1. The van der Waals surface area contributed by atoms with Crippen molar-refractivity contribution in [3.05, 3.63) is 69.0 Å². The van der Waals surface area contributed by atoms with Crippen molar-refractivity contribution in [1.29, 1.82) is 0 Å². The topological polar surface area (TPSA) is 41.9 Å². The molecular formula is C23H25BrN2O2S. The minimum atomic E-state index is -0.0154. The minimum absolute atomic E-state index is 0.0154. The smallest absolute Gasteiger partial charge is 0.266 e. The molecule has 29 heavy (non-hydrogen) atoms. The van der Waals surface area contributed by atoms with E-state index in [0.717, 1.165) is 26.5 Å². The molecule has 152 valence electrons. The van der Waals surface area contributed by atoms with Gasteiger partial charge < -0.3 is 4.74 Å². The summed E-state index contributed by atoms with van der Waals surface area (Å²) in [5.41, 5.74) is 1.96. The van der Waals surface area contributed by atoms with Gasteiger partial charge in [-0.05, 0) is 69.3 Å². The molecule has 1 fully saturated rings. The maximum absolute atomic E-state index is 13.0. The van der Waals surface area contributed by atoms with Crippen LogP contribution in [0.25, 0.3) is 6.08 Å². The van der Waals surface area contributed by atoms with Crippen LogP contribution >= 0.6 is 27.7 Å². The Morgan fingerprint density at radius 3 is 2.52 bits per heavy atom. The first kappa shape index (κ1) is 21.7. The Balaban J connectivity index is 1.91. The summed E-state index contributed by atoms with van der Waals surface area (Å²) in [5, 5.41) is 0.757. The standard InChI is InChI=1S/C23H25BrN2O2S/c1-15(2)25-23-26(16(3)4)22(27)21(29-23)13-18-12-19(24)10-11-20(18)28-14-17-8-6-5-7-9-17/h5-13,15-16H,14H2,1-4H3/b21-13+,25-23?. The second-order valence-corrected chi connectivity index (χ2v) is 9.27. The summed E-state index contributed by atoms with van der Waals surface area (Å²) in [6.45, 7) is 8.51. The fourth-order valence-corrected chi connectivity index (χ4v) is 4.50. The number of ether oxygens (including phenoxy) is 1. The number of nitrogens with zero attached hydrogens (tertiary/aromatic N) is 2. The molecule has 2 aromatic carbocycles. The van der Waals surface area contributed by atoms with E-state index in [-0.39, 0.29) is 18.0 Å². The summed E-state index contributed by atoms with van der Waals surface area (Å²) in [6, 6.07) is 16.0. The second-order valence-electron chi connectivity index (χ2n) is 7.34. The molecule has 0 aliphatic carbocycles. The van der Waals surface area contributed by atoms with Crippen LogP contribution in [0.5, 0.6) is 5.75 Å². The zero-order valence-corrected chi connectivity index (χ0v) is 19.5. The Morgan fingerprint density at radius 1 is 1.14 bits per heavy atom. The van der Waals surface area contributed by atoms with Crippen molar-refractivity contribution in [2.45, 2.75) is 46.4 Å². The molecule has 1 saturated heterocycles. The molecule has 0 atom stereocenters. The van der Waals surface area contributed by atoms with E-state index < -0.39 is 0 Å². The minimum Gasteiger partial charge on any atom is -0.488 e. The first-order valence-electron chi connectivity index (χ1n) is 9.62. The lowest BCUT2D eigenvalue weighted by atomic mass is 10.1. The first-order valence-corrected chi connectivity index (χ1v) is 11.2. The lowest BCUT2D eigenvalue weighted by Gasteiger charge is -2.20. The van der Waals surface area contributed by atoms with E-state index >= 15 is 0 Å². The van der Waals surface area contributed by atoms with Gasteiger partial charge in [-0.1, -0.05) is 46.3 Å². The largest absolute Gasteiger partial charge is 0.488 e. The molecule has 0 saturated carbocycles. The molecule has 0 bridgehead atoms. The highest BCUT2D eigenvalue weighted by molar-refractivity contribution is 9.10. The van der Waals surface area contributed by atoms with Crippen molar-refractivity contribution >= 4 is 44.8 Å². The summed E-state index contributed by atoms with van der Waals surface area (Å²) in [7, 11) is 0. The quantitative estimate of drug-likeness (QED) is 0.475. The van der Waals surface area contributed by atoms with E-state index in [4.69, 9.17) is 4.74 Å². The van der Waals surface area contributed by atoms with Gasteiger partial charge in [0.25, 0.3) is 5.91 Å². The van der Waals surface area contributed by atoms with Crippen molar-refractivity contribution in [2.75, 3.05) is 0 Å². The third-order valence-corrected chi connectivity index (χ3v) is 5.71. The molecule has 4 nitrogen and oxygen atoms in total. The maximum atomic E-state index is 13.0. The predicted octanol–water partition coefficient (Wildman–Crippen LogP) is 6.12. The highest BCUT2D eigenvalue weighted by atomic mass is 79.9. The Bertz CT molecular complexity index is 939. The molecule has 0 radical (unpaired) electrons. The molecule has 1 heterocycles. The maximum Gasteiger partial charge on any atom is 0.266 e. The van der Waals surface area contributed by atoms with E-state index in [9.17, 15) is 4.79 Å². The molecule has 2 aromatic rings. The molecule has 0 unspecified atom stereocenters. The van der Waals surface area contributed by atoms with Crippen molar-refractivity contribution < 1.29 is 9.53 Å². The van der Waals surface area contributed by atoms with Gasteiger partial charge in [-0.25, -0.2) is 0 Å². The number of benzene rings is 2. The number of hydrogen-bond donors (Lipinski definition) is 0. The van der Waals surface area contributed by atoms with Crippen molar-refractivity contribution in [2.24, 2.45) is 4.99 Å². The van der Waals surface area contributed by atoms with Crippen LogP contribution in [-0.4, -0.2) is 28.1 Å². The van der Waals surface area contributed by atoms with E-state index in [1.54, 1.807) is 4.90 Å². The molecule has 0 spiro atoms. The molecule has 3 rings (SSSR count). The molecule has 0 N–H and O–H groups in total. The Labute approximate surface area is 185 Å². The van der Waals surface area contributed by atoms with Gasteiger partial charge in [0.05, 0.1) is 4.91 Å². The van der Waals surface area contributed by atoms with Gasteiger partial charge in [-0.15, -0.1) is 0 Å². The summed E-state index contributed by atoms with van der Waals surface area (Å²) >= 11 is 4.95. The number of halogens is 1. The van der Waals surface area contributed by atoms with Gasteiger partial charge in [0.1, 0.15) is 12.4 Å². The Kier molecular flexibility index (Phi) is 7.19. The molecule has 0 aromatic heterocycles. The van der Waals surface area contributed by atoms with Crippen molar-refractivity contribution in [1.82, 2.24) is 4.90 Å². The Morgan fingerprint density at radius 2 is 1.86 bits per heavy atom. The van der Waals surface area contributed by atoms with Gasteiger partial charge in [0.2, 0.25) is 0 Å². The van der Waals surface area contributed by atoms with E-state index in [1.807, 2.05) is 82.3 Å². The van der Waals surface area contributed by atoms with Crippen LogP contribution in [0, 0.1) is 0 Å². The summed E-state index contributed by atoms with van der Waals surface area (Å²) in [5.74, 6) is 0.724. The zero-order valence-electron chi connectivity index (χ0n) is 17.1. The number of thioether (sulfide) groups is 1. The molecule has 1 amide bonds. The zero-order chi connectivity index (χ0) is 21.0. The monoisotopic (exact) mass is 472 g/mol.